The van der Waals surface area contributed by atoms with E-state index in [9.17, 15) is 27.6 Å². The molecule has 0 radical (unpaired) electrons. The zero-order valence-electron chi connectivity index (χ0n) is 14.2. The number of thiophene rings is 1. The molecular weight excluding hydrogens is 465 g/mol. The molecule has 0 bridgehead atoms. The van der Waals surface area contributed by atoms with Crippen molar-refractivity contribution in [3.05, 3.63) is 50.6 Å². The highest BCUT2D eigenvalue weighted by atomic mass is 79.9. The van der Waals surface area contributed by atoms with Crippen molar-refractivity contribution in [2.24, 2.45) is 0 Å². The summed E-state index contributed by atoms with van der Waals surface area (Å²) in [5.41, 5.74) is -1.26. The molecule has 1 aliphatic rings. The largest absolute Gasteiger partial charge is 0.573 e. The highest BCUT2D eigenvalue weighted by Crippen LogP contribution is 2.32. The van der Waals surface area contributed by atoms with E-state index in [0.717, 1.165) is 17.0 Å². The van der Waals surface area contributed by atoms with Crippen LogP contribution >= 0.6 is 27.3 Å². The molecule has 148 valence electrons. The van der Waals surface area contributed by atoms with E-state index in [1.54, 1.807) is 11.4 Å². The number of carbonyl (C=O) groups excluding carboxylic acids is 3. The van der Waals surface area contributed by atoms with Gasteiger partial charge in [0, 0.05) is 4.47 Å². The summed E-state index contributed by atoms with van der Waals surface area (Å²) in [5, 5.41) is 4.19. The number of hydrogen-bond acceptors (Lipinski definition) is 5. The van der Waals surface area contributed by atoms with Crippen molar-refractivity contribution in [3.8, 4) is 5.75 Å². The predicted molar refractivity (Wildman–Crippen MR) is 97.1 cm³/mol. The van der Waals surface area contributed by atoms with Crippen molar-refractivity contribution in [3.63, 3.8) is 0 Å². The van der Waals surface area contributed by atoms with Crippen molar-refractivity contribution >= 4 is 45.0 Å². The van der Waals surface area contributed by atoms with Crippen LogP contribution in [0, 0.1) is 0 Å². The maximum Gasteiger partial charge on any atom is 0.573 e. The van der Waals surface area contributed by atoms with Crippen LogP contribution < -0.4 is 10.1 Å². The molecule has 6 nitrogen and oxygen atoms in total. The Morgan fingerprint density at radius 2 is 1.89 bits per heavy atom. The van der Waals surface area contributed by atoms with Gasteiger partial charge < -0.3 is 10.1 Å². The minimum atomic E-state index is -4.84. The third kappa shape index (κ3) is 3.90. The number of rotatable bonds is 5. The van der Waals surface area contributed by atoms with Crippen LogP contribution in [0.15, 0.2) is 40.2 Å². The molecule has 1 fully saturated rings. The third-order valence-corrected chi connectivity index (χ3v) is 5.99. The van der Waals surface area contributed by atoms with E-state index >= 15 is 0 Å². The molecule has 3 amide bonds. The Balaban J connectivity index is 1.79. The van der Waals surface area contributed by atoms with Crippen molar-refractivity contribution in [2.45, 2.75) is 18.8 Å². The standard InChI is InChI=1S/C17H12BrF3N2O4S/c1-16(9-2-4-10(5-3-9)27-17(19,20)21)14(25)23(15(26)22-16)8-12(24)13-11(18)6-7-28-13/h2-7H,8H2,1H3,(H,22,26). The molecule has 2 heterocycles. The average molecular weight is 477 g/mol. The van der Waals surface area contributed by atoms with E-state index in [2.05, 4.69) is 26.0 Å². The van der Waals surface area contributed by atoms with Gasteiger partial charge in [-0.25, -0.2) is 4.79 Å². The number of Topliss-reactive ketones (excluding diaryl/α,β-unsaturated/α-hetero) is 1. The van der Waals surface area contributed by atoms with Gasteiger partial charge in [0.1, 0.15) is 11.3 Å². The number of ether oxygens (including phenoxy) is 1. The fourth-order valence-corrected chi connectivity index (χ4v) is 4.26. The summed E-state index contributed by atoms with van der Waals surface area (Å²) < 4.78 is 41.2. The molecule has 1 aromatic carbocycles. The molecule has 0 saturated carbocycles. The highest BCUT2D eigenvalue weighted by molar-refractivity contribution is 9.10. The van der Waals surface area contributed by atoms with Crippen LogP contribution in [0.5, 0.6) is 5.75 Å². The van der Waals surface area contributed by atoms with E-state index in [1.165, 1.54) is 30.4 Å². The SMILES string of the molecule is CC1(c2ccc(OC(F)(F)F)cc2)NC(=O)N(CC(=O)c2sccc2Br)C1=O. The van der Waals surface area contributed by atoms with Gasteiger partial charge in [-0.05, 0) is 52.0 Å². The van der Waals surface area contributed by atoms with Gasteiger partial charge in [-0.2, -0.15) is 0 Å². The number of amides is 3. The molecule has 11 heteroatoms. The Labute approximate surface area is 169 Å². The van der Waals surface area contributed by atoms with Crippen LogP contribution in [0.3, 0.4) is 0 Å². The monoisotopic (exact) mass is 476 g/mol. The van der Waals surface area contributed by atoms with E-state index < -0.39 is 41.9 Å². The van der Waals surface area contributed by atoms with Crippen LogP contribution in [0.25, 0.3) is 0 Å². The quantitative estimate of drug-likeness (QED) is 0.521. The zero-order valence-corrected chi connectivity index (χ0v) is 16.6. The van der Waals surface area contributed by atoms with Gasteiger partial charge in [0.25, 0.3) is 5.91 Å². The maximum atomic E-state index is 12.8. The molecule has 1 atom stereocenters. The van der Waals surface area contributed by atoms with Crippen LogP contribution in [-0.4, -0.2) is 35.5 Å². The minimum Gasteiger partial charge on any atom is -0.406 e. The number of alkyl halides is 3. The minimum absolute atomic E-state index is 0.257. The molecule has 1 saturated heterocycles. The van der Waals surface area contributed by atoms with E-state index in [0.29, 0.717) is 9.35 Å². The fraction of sp³-hybridized carbons (Fsp3) is 0.235. The molecular formula is C17H12BrF3N2O4S. The summed E-state index contributed by atoms with van der Waals surface area (Å²) in [6.45, 7) is 0.965. The Kier molecular flexibility index (Phi) is 5.24. The summed E-state index contributed by atoms with van der Waals surface area (Å²) in [7, 11) is 0. The van der Waals surface area contributed by atoms with Crippen LogP contribution in [0.1, 0.15) is 22.2 Å². The first-order valence-electron chi connectivity index (χ1n) is 7.78. The number of nitrogens with one attached hydrogen (secondary N) is 1. The molecule has 28 heavy (non-hydrogen) atoms. The normalized spacial score (nSPS) is 19.7. The number of halogens is 4. The third-order valence-electron chi connectivity index (χ3n) is 4.11. The smallest absolute Gasteiger partial charge is 0.406 e. The summed E-state index contributed by atoms with van der Waals surface area (Å²) in [6, 6.07) is 5.51. The van der Waals surface area contributed by atoms with E-state index in [4.69, 9.17) is 0 Å². The number of ketones is 1. The molecule has 1 aliphatic heterocycles. The Hall–Kier alpha value is -2.40. The Morgan fingerprint density at radius 3 is 2.43 bits per heavy atom. The van der Waals surface area contributed by atoms with Crippen LogP contribution in [-0.2, 0) is 10.3 Å². The van der Waals surface area contributed by atoms with Crippen molar-refractivity contribution < 1.29 is 32.3 Å². The number of nitrogens with zero attached hydrogens (tertiary/aromatic N) is 1. The second-order valence-corrected chi connectivity index (χ2v) is 7.81. The molecule has 0 spiro atoms. The first-order chi connectivity index (χ1) is 13.0. The number of hydrogen-bond donors (Lipinski definition) is 1. The van der Waals surface area contributed by atoms with Gasteiger partial charge in [-0.3, -0.25) is 14.5 Å². The van der Waals surface area contributed by atoms with Crippen LogP contribution in [0.2, 0.25) is 0 Å². The topological polar surface area (TPSA) is 75.7 Å². The molecule has 1 aromatic heterocycles. The van der Waals surface area contributed by atoms with E-state index in [1.807, 2.05) is 0 Å². The highest BCUT2D eigenvalue weighted by Gasteiger charge is 2.49. The number of benzene rings is 1. The van der Waals surface area contributed by atoms with Gasteiger partial charge in [0.15, 0.2) is 5.78 Å². The van der Waals surface area contributed by atoms with Crippen molar-refractivity contribution in [1.29, 1.82) is 0 Å². The van der Waals surface area contributed by atoms with Gasteiger partial charge in [0.2, 0.25) is 0 Å². The summed E-state index contributed by atoms with van der Waals surface area (Å²) in [6.07, 6.45) is -4.84. The lowest BCUT2D eigenvalue weighted by atomic mass is 9.92. The van der Waals surface area contributed by atoms with Gasteiger partial charge in [0.05, 0.1) is 11.4 Å². The lowest BCUT2D eigenvalue weighted by Gasteiger charge is -2.22. The summed E-state index contributed by atoms with van der Waals surface area (Å²) in [4.78, 5) is 38.6. The molecule has 1 unspecified atom stereocenters. The van der Waals surface area contributed by atoms with Gasteiger partial charge in [-0.1, -0.05) is 12.1 Å². The fourth-order valence-electron chi connectivity index (χ4n) is 2.73. The summed E-state index contributed by atoms with van der Waals surface area (Å²) in [5.74, 6) is -1.54. The van der Waals surface area contributed by atoms with Crippen molar-refractivity contribution in [2.75, 3.05) is 6.54 Å². The van der Waals surface area contributed by atoms with Crippen LogP contribution in [0.4, 0.5) is 18.0 Å². The zero-order chi connectivity index (χ0) is 20.7. The second-order valence-electron chi connectivity index (χ2n) is 6.04. The predicted octanol–water partition coefficient (Wildman–Crippen LogP) is 4.06. The molecule has 0 aliphatic carbocycles. The first kappa shape index (κ1) is 20.3. The maximum absolute atomic E-state index is 12.8. The number of urea groups is 1. The second kappa shape index (κ2) is 7.21. The lowest BCUT2D eigenvalue weighted by Crippen LogP contribution is -2.41. The lowest BCUT2D eigenvalue weighted by molar-refractivity contribution is -0.274. The number of carbonyl (C=O) groups is 3. The van der Waals surface area contributed by atoms with Gasteiger partial charge in [-0.15, -0.1) is 24.5 Å². The van der Waals surface area contributed by atoms with Gasteiger partial charge >= 0.3 is 12.4 Å². The van der Waals surface area contributed by atoms with E-state index in [-0.39, 0.29) is 5.56 Å². The summed E-state index contributed by atoms with van der Waals surface area (Å²) >= 11 is 4.40. The number of imide groups is 1. The average Bonchev–Trinajstić information content (AvgIpc) is 3.11. The molecule has 1 N–H and O–H groups in total. The first-order valence-corrected chi connectivity index (χ1v) is 9.45. The molecule has 3 rings (SSSR count). The Bertz CT molecular complexity index is 945. The van der Waals surface area contributed by atoms with Crippen molar-refractivity contribution in [1.82, 2.24) is 10.2 Å². The Morgan fingerprint density at radius 1 is 1.25 bits per heavy atom. The molecule has 2 aromatic rings.